The normalized spacial score (nSPS) is 11.3. The Balaban J connectivity index is 0.00000274. The van der Waals surface area contributed by atoms with Crippen LogP contribution in [-0.4, -0.2) is 24.6 Å². The summed E-state index contributed by atoms with van der Waals surface area (Å²) in [4.78, 5) is 17.6. The summed E-state index contributed by atoms with van der Waals surface area (Å²) in [5.41, 5.74) is 3.27. The van der Waals surface area contributed by atoms with E-state index in [9.17, 15) is 4.79 Å². The lowest BCUT2D eigenvalue weighted by atomic mass is 10.1. The molecule has 0 atom stereocenters. The third-order valence-corrected chi connectivity index (χ3v) is 5.42. The summed E-state index contributed by atoms with van der Waals surface area (Å²) in [6.45, 7) is 14.0. The van der Waals surface area contributed by atoms with Crippen LogP contribution in [-0.2, 0) is 4.74 Å². The molecule has 3 rings (SSSR count). The highest BCUT2D eigenvalue weighted by atomic mass is 16.5. The maximum atomic E-state index is 13.2. The molecule has 1 amide bonds. The molecular weight excluding hydrogens is 500 g/mol. The number of aryl methyl sites for hydroxylation is 1. The smallest absolute Gasteiger partial charge is 0.257 e. The number of aromatic nitrogens is 1. The molecule has 1 N–H and O–H groups in total. The molecule has 0 saturated heterocycles. The van der Waals surface area contributed by atoms with Crippen molar-refractivity contribution < 1.29 is 19.0 Å². The van der Waals surface area contributed by atoms with Gasteiger partial charge in [0.2, 0.25) is 0 Å². The molecule has 3 aromatic rings. The van der Waals surface area contributed by atoms with Crippen LogP contribution in [0.25, 0.3) is 5.76 Å². The molecule has 6 nitrogen and oxygen atoms in total. The topological polar surface area (TPSA) is 69.7 Å². The van der Waals surface area contributed by atoms with Crippen LogP contribution in [0.1, 0.15) is 55.6 Å². The number of benzene rings is 2. The first-order valence-electron chi connectivity index (χ1n) is 13.4. The van der Waals surface area contributed by atoms with Crippen LogP contribution < -0.4 is 14.8 Å². The van der Waals surface area contributed by atoms with Gasteiger partial charge in [0, 0.05) is 23.4 Å². The number of methoxy groups -OCH3 is 1. The van der Waals surface area contributed by atoms with Crippen molar-refractivity contribution in [1.82, 2.24) is 4.98 Å². The maximum Gasteiger partial charge on any atom is 0.257 e. The first-order chi connectivity index (χ1) is 19.4. The van der Waals surface area contributed by atoms with Crippen molar-refractivity contribution in [1.29, 1.82) is 0 Å². The lowest BCUT2D eigenvalue weighted by molar-refractivity contribution is 0.102. The average Bonchev–Trinajstić information content (AvgIpc) is 2.97. The van der Waals surface area contributed by atoms with E-state index in [1.54, 1.807) is 43.6 Å². The monoisotopic (exact) mass is 540 g/mol. The average molecular weight is 541 g/mol. The Kier molecular flexibility index (Phi) is 13.5. The predicted molar refractivity (Wildman–Crippen MR) is 165 cm³/mol. The molecule has 40 heavy (non-hydrogen) atoms. The third-order valence-electron chi connectivity index (χ3n) is 5.42. The van der Waals surface area contributed by atoms with Gasteiger partial charge in [-0.15, -0.1) is 0 Å². The number of nitrogens with one attached hydrogen (secondary N) is 1. The molecule has 1 heterocycles. The minimum Gasteiger partial charge on any atom is -0.496 e. The number of anilines is 1. The molecule has 0 fully saturated rings. The Hall–Kier alpha value is -4.58. The second-order valence-corrected chi connectivity index (χ2v) is 8.44. The van der Waals surface area contributed by atoms with Crippen molar-refractivity contribution in [3.8, 4) is 17.2 Å². The second-order valence-electron chi connectivity index (χ2n) is 8.44. The number of hydrogen-bond acceptors (Lipinski definition) is 5. The van der Waals surface area contributed by atoms with Gasteiger partial charge in [0.15, 0.2) is 0 Å². The van der Waals surface area contributed by atoms with Crippen molar-refractivity contribution in [3.63, 3.8) is 0 Å². The molecule has 0 aliphatic carbocycles. The van der Waals surface area contributed by atoms with Crippen LogP contribution in [0, 0.1) is 6.92 Å². The number of nitrogens with zero attached hydrogens (tertiary/aromatic N) is 1. The van der Waals surface area contributed by atoms with E-state index >= 15 is 0 Å². The molecule has 0 saturated carbocycles. The van der Waals surface area contributed by atoms with Gasteiger partial charge < -0.3 is 19.5 Å². The number of hydrogen-bond donors (Lipinski definition) is 1. The van der Waals surface area contributed by atoms with E-state index in [1.807, 2.05) is 89.3 Å². The fourth-order valence-electron chi connectivity index (χ4n) is 3.58. The Bertz CT molecular complexity index is 1320. The highest BCUT2D eigenvalue weighted by molar-refractivity contribution is 6.04. The van der Waals surface area contributed by atoms with E-state index in [1.165, 1.54) is 0 Å². The first-order valence-corrected chi connectivity index (χ1v) is 13.4. The molecule has 2 aromatic carbocycles. The zero-order valence-electron chi connectivity index (χ0n) is 24.4. The number of allylic oxidation sites excluding steroid dienone is 4. The van der Waals surface area contributed by atoms with E-state index in [0.717, 1.165) is 28.9 Å². The van der Waals surface area contributed by atoms with Gasteiger partial charge in [0.25, 0.3) is 5.91 Å². The van der Waals surface area contributed by atoms with Crippen LogP contribution >= 0.6 is 0 Å². The number of carbonyl (C=O) groups is 1. The van der Waals surface area contributed by atoms with E-state index in [-0.39, 0.29) is 5.91 Å². The van der Waals surface area contributed by atoms with Crippen molar-refractivity contribution >= 4 is 17.5 Å². The quantitative estimate of drug-likeness (QED) is 0.183. The Morgan fingerprint density at radius 1 is 1.00 bits per heavy atom. The van der Waals surface area contributed by atoms with Gasteiger partial charge in [-0.05, 0) is 68.3 Å². The van der Waals surface area contributed by atoms with E-state index in [2.05, 4.69) is 16.9 Å². The maximum absolute atomic E-state index is 13.2. The summed E-state index contributed by atoms with van der Waals surface area (Å²) >= 11 is 0. The predicted octanol–water partition coefficient (Wildman–Crippen LogP) is 8.93. The summed E-state index contributed by atoms with van der Waals surface area (Å²) in [6, 6.07) is 16.4. The van der Waals surface area contributed by atoms with Crippen LogP contribution in [0.4, 0.5) is 5.82 Å². The molecular formula is C34H40N2O4. The molecule has 0 spiro atoms. The zero-order chi connectivity index (χ0) is 29.3. The van der Waals surface area contributed by atoms with Crippen LogP contribution in [0.5, 0.6) is 17.2 Å². The SMILES string of the molecule is C=C/C=C(\C=C/C)COc1cc(Oc2ccc(C)cc2)cc(C(=O)Nc2ccc(/C(=C\CC)OC)cn2)c1.CC. The summed E-state index contributed by atoms with van der Waals surface area (Å²) in [6.07, 6.45) is 11.9. The highest BCUT2D eigenvalue weighted by Crippen LogP contribution is 2.29. The van der Waals surface area contributed by atoms with Crippen LogP contribution in [0.3, 0.4) is 0 Å². The van der Waals surface area contributed by atoms with Crippen LogP contribution in [0.15, 0.2) is 103 Å². The van der Waals surface area contributed by atoms with Gasteiger partial charge in [0.1, 0.15) is 35.4 Å². The summed E-state index contributed by atoms with van der Waals surface area (Å²) in [5, 5.41) is 2.85. The molecule has 0 aliphatic rings. The molecule has 1 aromatic heterocycles. The molecule has 6 heteroatoms. The van der Waals surface area contributed by atoms with Gasteiger partial charge in [-0.1, -0.05) is 69.4 Å². The summed E-state index contributed by atoms with van der Waals surface area (Å²) in [5.74, 6) is 2.46. The Morgan fingerprint density at radius 3 is 2.33 bits per heavy atom. The van der Waals surface area contributed by atoms with Crippen molar-refractivity contribution in [2.45, 2.75) is 41.0 Å². The first kappa shape index (κ1) is 31.6. The number of rotatable bonds is 12. The fraction of sp³-hybridized carbons (Fsp3) is 0.235. The van der Waals surface area contributed by atoms with Gasteiger partial charge in [-0.3, -0.25) is 4.79 Å². The molecule has 210 valence electrons. The largest absolute Gasteiger partial charge is 0.496 e. The minimum atomic E-state index is -0.337. The number of carbonyl (C=O) groups excluding carboxylic acids is 1. The summed E-state index contributed by atoms with van der Waals surface area (Å²) in [7, 11) is 1.62. The zero-order valence-corrected chi connectivity index (χ0v) is 24.4. The van der Waals surface area contributed by atoms with Gasteiger partial charge >= 0.3 is 0 Å². The lowest BCUT2D eigenvalue weighted by Gasteiger charge is -2.13. The molecule has 0 unspecified atom stereocenters. The third kappa shape index (κ3) is 9.95. The fourth-order valence-corrected chi connectivity index (χ4v) is 3.58. The van der Waals surface area contributed by atoms with Crippen molar-refractivity contribution in [2.75, 3.05) is 19.0 Å². The second kappa shape index (κ2) is 17.1. The number of pyridine rings is 1. The van der Waals surface area contributed by atoms with Gasteiger partial charge in [0.05, 0.1) is 7.11 Å². The molecule has 0 bridgehead atoms. The number of ether oxygens (including phenoxy) is 3. The standard InChI is InChI=1S/C32H34N2O4.C2H6/c1-6-9-24(10-7-2)22-37-28-18-26(19-29(20-28)38-27-15-12-23(4)13-16-27)32(35)34-31-17-14-25(21-33-31)30(36-5)11-8-3;1-2/h6-7,9-21H,1,8,22H2,2-5H3,(H,33,34,35);1-2H3/b10-7-,24-9+,30-11+;. The van der Waals surface area contributed by atoms with Crippen molar-refractivity contribution in [3.05, 3.63) is 120 Å². The van der Waals surface area contributed by atoms with Gasteiger partial charge in [-0.25, -0.2) is 4.98 Å². The Morgan fingerprint density at radius 2 is 1.73 bits per heavy atom. The minimum absolute atomic E-state index is 0.307. The Labute approximate surface area is 238 Å². The molecule has 0 radical (unpaired) electrons. The van der Waals surface area contributed by atoms with Crippen molar-refractivity contribution in [2.24, 2.45) is 0 Å². The van der Waals surface area contributed by atoms with Crippen LogP contribution in [0.2, 0.25) is 0 Å². The van der Waals surface area contributed by atoms with E-state index in [0.29, 0.717) is 35.2 Å². The summed E-state index contributed by atoms with van der Waals surface area (Å²) < 4.78 is 17.5. The number of amides is 1. The molecule has 0 aliphatic heterocycles. The van der Waals surface area contributed by atoms with Gasteiger partial charge in [-0.2, -0.15) is 0 Å². The van der Waals surface area contributed by atoms with E-state index < -0.39 is 0 Å². The van der Waals surface area contributed by atoms with E-state index in [4.69, 9.17) is 14.2 Å². The highest BCUT2D eigenvalue weighted by Gasteiger charge is 2.13. The lowest BCUT2D eigenvalue weighted by Crippen LogP contribution is -2.13.